The Morgan fingerprint density at radius 2 is 1.45 bits per heavy atom. The first-order valence-corrected chi connectivity index (χ1v) is 13.3. The van der Waals surface area contributed by atoms with Crippen molar-refractivity contribution < 1.29 is 9.84 Å². The number of rotatable bonds is 9. The number of benzene rings is 4. The highest BCUT2D eigenvalue weighted by Crippen LogP contribution is 2.45. The molecule has 0 saturated heterocycles. The molecule has 4 aromatic rings. The Balaban J connectivity index is 1.86. The third kappa shape index (κ3) is 6.20. The quantitative estimate of drug-likeness (QED) is 0.222. The molecule has 0 fully saturated rings. The molecule has 38 heavy (non-hydrogen) atoms. The van der Waals surface area contributed by atoms with Crippen LogP contribution in [0.3, 0.4) is 0 Å². The number of nitrogens with one attached hydrogen (secondary N) is 1. The summed E-state index contributed by atoms with van der Waals surface area (Å²) in [6, 6.07) is 29.4. The van der Waals surface area contributed by atoms with E-state index in [9.17, 15) is 5.11 Å². The second kappa shape index (κ2) is 11.7. The fraction of sp³-hybridized carbons (Fsp3) is 0.294. The minimum absolute atomic E-state index is 0.178. The highest BCUT2D eigenvalue weighted by molar-refractivity contribution is 5.89. The summed E-state index contributed by atoms with van der Waals surface area (Å²) in [5.41, 5.74) is 9.16. The van der Waals surface area contributed by atoms with Crippen LogP contribution in [0.15, 0.2) is 84.9 Å². The Kier molecular flexibility index (Phi) is 8.43. The molecular weight excluding hydrogens is 468 g/mol. The molecular formula is C34H40N2O2. The first-order valence-electron chi connectivity index (χ1n) is 13.3. The third-order valence-corrected chi connectivity index (χ3v) is 6.80. The summed E-state index contributed by atoms with van der Waals surface area (Å²) in [5.74, 6) is 0.346. The first-order chi connectivity index (χ1) is 18.2. The molecule has 0 amide bonds. The van der Waals surface area contributed by atoms with Crippen molar-refractivity contribution in [2.24, 2.45) is 0 Å². The number of aromatic hydroxyl groups is 1. The largest absolute Gasteiger partial charge is 0.507 e. The lowest BCUT2D eigenvalue weighted by Crippen LogP contribution is -2.21. The van der Waals surface area contributed by atoms with E-state index in [1.807, 2.05) is 6.07 Å². The minimum Gasteiger partial charge on any atom is -0.507 e. The molecule has 0 atom stereocenters. The molecule has 0 aromatic heterocycles. The van der Waals surface area contributed by atoms with Gasteiger partial charge < -0.3 is 20.1 Å². The van der Waals surface area contributed by atoms with Crippen molar-refractivity contribution in [3.63, 3.8) is 0 Å². The van der Waals surface area contributed by atoms with Gasteiger partial charge >= 0.3 is 0 Å². The molecule has 198 valence electrons. The number of aryl methyl sites for hydroxylation is 2. The molecule has 0 heterocycles. The molecule has 4 heteroatoms. The van der Waals surface area contributed by atoms with Gasteiger partial charge in [-0.3, -0.25) is 0 Å². The Morgan fingerprint density at radius 3 is 2.13 bits per heavy atom. The molecule has 0 aliphatic carbocycles. The van der Waals surface area contributed by atoms with Crippen molar-refractivity contribution in [3.8, 4) is 16.9 Å². The van der Waals surface area contributed by atoms with Gasteiger partial charge in [-0.1, -0.05) is 74.9 Å². The van der Waals surface area contributed by atoms with Crippen LogP contribution in [0.1, 0.15) is 43.9 Å². The van der Waals surface area contributed by atoms with E-state index in [0.717, 1.165) is 58.0 Å². The van der Waals surface area contributed by atoms with Crippen molar-refractivity contribution in [1.82, 2.24) is 0 Å². The predicted octanol–water partition coefficient (Wildman–Crippen LogP) is 8.89. The Hall–Kier alpha value is -3.76. The van der Waals surface area contributed by atoms with Crippen LogP contribution < -0.4 is 10.2 Å². The highest BCUT2D eigenvalue weighted by Gasteiger charge is 2.24. The summed E-state index contributed by atoms with van der Waals surface area (Å²) in [6.45, 7) is 12.0. The van der Waals surface area contributed by atoms with Gasteiger partial charge in [0.2, 0.25) is 0 Å². The van der Waals surface area contributed by atoms with E-state index < -0.39 is 0 Å². The molecule has 0 saturated carbocycles. The van der Waals surface area contributed by atoms with Gasteiger partial charge in [0.05, 0.1) is 11.4 Å². The summed E-state index contributed by atoms with van der Waals surface area (Å²) in [7, 11) is 1.74. The molecule has 4 rings (SSSR count). The second-order valence-corrected chi connectivity index (χ2v) is 11.0. The number of hydrogen-bond acceptors (Lipinski definition) is 4. The van der Waals surface area contributed by atoms with Crippen LogP contribution in [0.2, 0.25) is 0 Å². The van der Waals surface area contributed by atoms with Crippen molar-refractivity contribution >= 4 is 22.7 Å². The van der Waals surface area contributed by atoms with E-state index in [0.29, 0.717) is 12.4 Å². The van der Waals surface area contributed by atoms with Gasteiger partial charge in [-0.2, -0.15) is 0 Å². The van der Waals surface area contributed by atoms with Crippen LogP contribution in [0.5, 0.6) is 5.75 Å². The van der Waals surface area contributed by atoms with Crippen molar-refractivity contribution in [2.75, 3.05) is 30.5 Å². The van der Waals surface area contributed by atoms with Gasteiger partial charge in [0.15, 0.2) is 0 Å². The Labute approximate surface area is 227 Å². The maximum Gasteiger partial charge on any atom is 0.127 e. The molecule has 0 bridgehead atoms. The van der Waals surface area contributed by atoms with Gasteiger partial charge in [0.1, 0.15) is 5.75 Å². The number of methoxy groups -OCH3 is 1. The molecule has 0 aliphatic heterocycles. The van der Waals surface area contributed by atoms with Crippen molar-refractivity contribution in [1.29, 1.82) is 0 Å². The van der Waals surface area contributed by atoms with Gasteiger partial charge in [0, 0.05) is 48.3 Å². The minimum atomic E-state index is -0.178. The van der Waals surface area contributed by atoms with Crippen LogP contribution in [0.25, 0.3) is 11.1 Å². The van der Waals surface area contributed by atoms with Crippen LogP contribution in [0, 0.1) is 13.8 Å². The average molecular weight is 509 g/mol. The summed E-state index contributed by atoms with van der Waals surface area (Å²) >= 11 is 0. The zero-order chi connectivity index (χ0) is 27.3. The number of nitrogens with zero attached hydrogens (tertiary/aromatic N) is 1. The van der Waals surface area contributed by atoms with Gasteiger partial charge in [0.25, 0.3) is 0 Å². The van der Waals surface area contributed by atoms with Crippen LogP contribution in [0.4, 0.5) is 22.7 Å². The highest BCUT2D eigenvalue weighted by atomic mass is 16.5. The molecule has 0 radical (unpaired) electrons. The van der Waals surface area contributed by atoms with E-state index in [4.69, 9.17) is 4.74 Å². The Morgan fingerprint density at radius 1 is 0.789 bits per heavy atom. The smallest absolute Gasteiger partial charge is 0.127 e. The van der Waals surface area contributed by atoms with E-state index in [-0.39, 0.29) is 5.41 Å². The molecule has 0 spiro atoms. The normalized spacial score (nSPS) is 11.4. The first kappa shape index (κ1) is 27.3. The summed E-state index contributed by atoms with van der Waals surface area (Å²) in [6.07, 6.45) is 0.858. The summed E-state index contributed by atoms with van der Waals surface area (Å²) in [5, 5.41) is 15.1. The monoisotopic (exact) mass is 508 g/mol. The molecule has 4 nitrogen and oxygen atoms in total. The Bertz CT molecular complexity index is 1370. The van der Waals surface area contributed by atoms with Gasteiger partial charge in [-0.25, -0.2) is 0 Å². The number of para-hydroxylation sites is 3. The number of anilines is 4. The maximum absolute atomic E-state index is 11.5. The third-order valence-electron chi connectivity index (χ3n) is 6.80. The van der Waals surface area contributed by atoms with Crippen molar-refractivity contribution in [2.45, 2.75) is 46.5 Å². The summed E-state index contributed by atoms with van der Waals surface area (Å²) < 4.78 is 5.42. The van der Waals surface area contributed by atoms with E-state index in [2.05, 4.69) is 124 Å². The van der Waals surface area contributed by atoms with E-state index in [1.165, 1.54) is 5.56 Å². The van der Waals surface area contributed by atoms with E-state index >= 15 is 0 Å². The SMILES string of the molecule is COCCCN(c1ccccc1Nc1ccc(C)cc1)c1ccccc1-c1cc(C)cc(C(C)(C)C)c1O. The van der Waals surface area contributed by atoms with Crippen molar-refractivity contribution in [3.05, 3.63) is 102 Å². The van der Waals surface area contributed by atoms with Crippen LogP contribution in [-0.2, 0) is 10.2 Å². The zero-order valence-electron chi connectivity index (χ0n) is 23.5. The van der Waals surface area contributed by atoms with E-state index in [1.54, 1.807) is 7.11 Å². The fourth-order valence-electron chi connectivity index (χ4n) is 4.84. The standard InChI is InChI=1S/C34H40N2O2/c1-24-16-18-26(19-17-24)35-30-13-8-10-15-32(30)36(20-11-21-38-6)31-14-9-7-12-27(31)28-22-25(2)23-29(33(28)37)34(3,4)5/h7-10,12-19,22-23,35,37H,11,20-21H2,1-6H3. The number of ether oxygens (including phenoxy) is 1. The average Bonchev–Trinajstić information content (AvgIpc) is 2.89. The predicted molar refractivity (Wildman–Crippen MR) is 161 cm³/mol. The zero-order valence-corrected chi connectivity index (χ0v) is 23.5. The topological polar surface area (TPSA) is 44.7 Å². The lowest BCUT2D eigenvalue weighted by Gasteiger charge is -2.30. The molecule has 4 aromatic carbocycles. The number of hydrogen-bond donors (Lipinski definition) is 2. The van der Waals surface area contributed by atoms with Crippen LogP contribution in [-0.4, -0.2) is 25.4 Å². The molecule has 0 unspecified atom stereocenters. The van der Waals surface area contributed by atoms with Gasteiger partial charge in [-0.15, -0.1) is 0 Å². The number of phenolic OH excluding ortho intramolecular Hbond substituents is 1. The summed E-state index contributed by atoms with van der Waals surface area (Å²) in [4.78, 5) is 2.34. The number of phenols is 1. The maximum atomic E-state index is 11.5. The second-order valence-electron chi connectivity index (χ2n) is 11.0. The lowest BCUT2D eigenvalue weighted by molar-refractivity contribution is 0.197. The van der Waals surface area contributed by atoms with Crippen LogP contribution >= 0.6 is 0 Å². The molecule has 2 N–H and O–H groups in total. The lowest BCUT2D eigenvalue weighted by atomic mass is 9.83. The van der Waals surface area contributed by atoms with Gasteiger partial charge in [-0.05, 0) is 67.6 Å². The fourth-order valence-corrected chi connectivity index (χ4v) is 4.84. The molecule has 0 aliphatic rings.